The van der Waals surface area contributed by atoms with Crippen molar-refractivity contribution in [2.24, 2.45) is 0 Å². The molecule has 1 atom stereocenters. The van der Waals surface area contributed by atoms with Crippen LogP contribution >= 0.6 is 11.3 Å². The molecule has 0 aliphatic carbocycles. The van der Waals surface area contributed by atoms with Crippen molar-refractivity contribution in [2.45, 2.75) is 32.6 Å². The van der Waals surface area contributed by atoms with Crippen LogP contribution in [0.2, 0.25) is 0 Å². The van der Waals surface area contributed by atoms with Gasteiger partial charge in [-0.15, -0.1) is 0 Å². The lowest BCUT2D eigenvalue weighted by Gasteiger charge is -2.13. The first-order valence-corrected chi connectivity index (χ1v) is 9.81. The highest BCUT2D eigenvalue weighted by Crippen LogP contribution is 2.27. The number of benzene rings is 2. The molecule has 1 unspecified atom stereocenters. The van der Waals surface area contributed by atoms with Crippen LogP contribution in [0.5, 0.6) is 0 Å². The van der Waals surface area contributed by atoms with E-state index in [-0.39, 0.29) is 17.7 Å². The van der Waals surface area contributed by atoms with Gasteiger partial charge in [-0.25, -0.2) is 4.98 Å². The number of rotatable bonds is 7. The van der Waals surface area contributed by atoms with Gasteiger partial charge in [0.2, 0.25) is 11.8 Å². The minimum atomic E-state index is -0.129. The van der Waals surface area contributed by atoms with Crippen LogP contribution in [0.1, 0.15) is 37.3 Å². The summed E-state index contributed by atoms with van der Waals surface area (Å²) >= 11 is 1.44. The lowest BCUT2D eigenvalue weighted by atomic mass is 10.0. The number of carbonyl (C=O) groups is 2. The molecule has 2 amide bonds. The zero-order valence-corrected chi connectivity index (χ0v) is 16.3. The Hall–Kier alpha value is -2.73. The molecule has 0 saturated heterocycles. The summed E-state index contributed by atoms with van der Waals surface area (Å²) < 4.78 is 1.01. The van der Waals surface area contributed by atoms with Crippen LogP contribution in [0.15, 0.2) is 48.5 Å². The number of hydrogen-bond acceptors (Lipinski definition) is 4. The van der Waals surface area contributed by atoms with E-state index in [1.165, 1.54) is 23.8 Å². The van der Waals surface area contributed by atoms with Crippen LogP contribution in [-0.4, -0.2) is 23.3 Å². The number of nitrogens with zero attached hydrogens (tertiary/aromatic N) is 1. The van der Waals surface area contributed by atoms with Crippen molar-refractivity contribution in [2.75, 3.05) is 11.9 Å². The Balaban J connectivity index is 1.51. The summed E-state index contributed by atoms with van der Waals surface area (Å²) in [5, 5.41) is 6.33. The molecule has 0 saturated carbocycles. The maximum atomic E-state index is 12.2. The number of thiazole rings is 1. The second kappa shape index (κ2) is 8.77. The lowest BCUT2D eigenvalue weighted by Crippen LogP contribution is -2.27. The molecule has 3 aromatic rings. The fourth-order valence-electron chi connectivity index (χ4n) is 2.84. The molecule has 6 heteroatoms. The van der Waals surface area contributed by atoms with Gasteiger partial charge in [-0.2, -0.15) is 0 Å². The molecule has 0 spiro atoms. The first-order chi connectivity index (χ1) is 13.0. The van der Waals surface area contributed by atoms with E-state index in [4.69, 9.17) is 0 Å². The highest BCUT2D eigenvalue weighted by atomic mass is 32.1. The van der Waals surface area contributed by atoms with Crippen molar-refractivity contribution in [1.82, 2.24) is 10.3 Å². The van der Waals surface area contributed by atoms with Crippen LogP contribution in [0.25, 0.3) is 10.2 Å². The van der Waals surface area contributed by atoms with Gasteiger partial charge in [0.25, 0.3) is 0 Å². The molecule has 0 fully saturated rings. The van der Waals surface area contributed by atoms with Crippen molar-refractivity contribution in [3.63, 3.8) is 0 Å². The summed E-state index contributed by atoms with van der Waals surface area (Å²) in [4.78, 5) is 27.7. The molecular weight excluding hydrogens is 358 g/mol. The molecule has 140 valence electrons. The average molecular weight is 382 g/mol. The van der Waals surface area contributed by atoms with Crippen LogP contribution in [-0.2, 0) is 16.0 Å². The van der Waals surface area contributed by atoms with Crippen LogP contribution in [0, 0.1) is 0 Å². The predicted molar refractivity (Wildman–Crippen MR) is 110 cm³/mol. The zero-order chi connectivity index (χ0) is 19.2. The van der Waals surface area contributed by atoms with Gasteiger partial charge < -0.3 is 10.6 Å². The molecule has 1 heterocycles. The number of fused-ring (bicyclic) bond motifs is 1. The smallest absolute Gasteiger partial charge is 0.223 e. The quantitative estimate of drug-likeness (QED) is 0.647. The number of aryl methyl sites for hydroxylation is 1. The minimum Gasteiger partial charge on any atom is -0.355 e. The Morgan fingerprint density at radius 3 is 2.67 bits per heavy atom. The van der Waals surface area contributed by atoms with E-state index in [0.29, 0.717) is 24.5 Å². The topological polar surface area (TPSA) is 71.1 Å². The highest BCUT2D eigenvalue weighted by Gasteiger charge is 2.09. The summed E-state index contributed by atoms with van der Waals surface area (Å²) in [6.07, 6.45) is 1.12. The standard InChI is InChI=1S/C21H23N3O2S/c1-14(17-6-4-3-5-7-17)13-22-20(26)11-9-16-8-10-18-19(12-16)27-21(24-18)23-15(2)25/h3-8,10,12,14H,9,11,13H2,1-2H3,(H,22,26)(H,23,24,25). The Morgan fingerprint density at radius 2 is 1.93 bits per heavy atom. The predicted octanol–water partition coefficient (Wildman–Crippen LogP) is 4.11. The van der Waals surface area contributed by atoms with E-state index in [1.54, 1.807) is 0 Å². The van der Waals surface area contributed by atoms with Crippen LogP contribution in [0.3, 0.4) is 0 Å². The molecule has 0 radical (unpaired) electrons. The number of nitrogens with one attached hydrogen (secondary N) is 2. The maximum Gasteiger partial charge on any atom is 0.223 e. The van der Waals surface area contributed by atoms with E-state index < -0.39 is 0 Å². The van der Waals surface area contributed by atoms with Crippen molar-refractivity contribution in [3.8, 4) is 0 Å². The second-order valence-electron chi connectivity index (χ2n) is 6.62. The van der Waals surface area contributed by atoms with Gasteiger partial charge in [0.05, 0.1) is 10.2 Å². The van der Waals surface area contributed by atoms with Gasteiger partial charge in [-0.05, 0) is 35.6 Å². The maximum absolute atomic E-state index is 12.2. The van der Waals surface area contributed by atoms with E-state index in [0.717, 1.165) is 15.8 Å². The van der Waals surface area contributed by atoms with Crippen molar-refractivity contribution < 1.29 is 9.59 Å². The van der Waals surface area contributed by atoms with Gasteiger partial charge in [-0.3, -0.25) is 9.59 Å². The molecule has 0 aliphatic rings. The van der Waals surface area contributed by atoms with E-state index in [2.05, 4.69) is 34.7 Å². The Kier molecular flexibility index (Phi) is 6.19. The fourth-order valence-corrected chi connectivity index (χ4v) is 3.82. The van der Waals surface area contributed by atoms with Crippen LogP contribution in [0.4, 0.5) is 5.13 Å². The highest BCUT2D eigenvalue weighted by molar-refractivity contribution is 7.22. The fraction of sp³-hybridized carbons (Fsp3) is 0.286. The molecule has 0 bridgehead atoms. The summed E-state index contributed by atoms with van der Waals surface area (Å²) in [5.41, 5.74) is 3.17. The second-order valence-corrected chi connectivity index (χ2v) is 7.65. The molecule has 27 heavy (non-hydrogen) atoms. The zero-order valence-electron chi connectivity index (χ0n) is 15.5. The first-order valence-electron chi connectivity index (χ1n) is 9.00. The van der Waals surface area contributed by atoms with Crippen LogP contribution < -0.4 is 10.6 Å². The van der Waals surface area contributed by atoms with Gasteiger partial charge in [0, 0.05) is 19.9 Å². The number of anilines is 1. The van der Waals surface area contributed by atoms with Gasteiger partial charge in [0.15, 0.2) is 5.13 Å². The SMILES string of the molecule is CC(=O)Nc1nc2ccc(CCC(=O)NCC(C)c3ccccc3)cc2s1. The molecular formula is C21H23N3O2S. The largest absolute Gasteiger partial charge is 0.355 e. The summed E-state index contributed by atoms with van der Waals surface area (Å²) in [6, 6.07) is 16.1. The lowest BCUT2D eigenvalue weighted by molar-refractivity contribution is -0.121. The van der Waals surface area contributed by atoms with Gasteiger partial charge in [0.1, 0.15) is 0 Å². The Bertz CT molecular complexity index is 937. The molecule has 0 aliphatic heterocycles. The average Bonchev–Trinajstić information content (AvgIpc) is 3.05. The number of aromatic nitrogens is 1. The third-order valence-corrected chi connectivity index (χ3v) is 5.28. The third-order valence-electron chi connectivity index (χ3n) is 4.35. The minimum absolute atomic E-state index is 0.0566. The van der Waals surface area contributed by atoms with E-state index in [1.807, 2.05) is 36.4 Å². The Morgan fingerprint density at radius 1 is 1.15 bits per heavy atom. The van der Waals surface area contributed by atoms with E-state index >= 15 is 0 Å². The molecule has 2 aromatic carbocycles. The summed E-state index contributed by atoms with van der Waals surface area (Å²) in [5.74, 6) is 0.215. The number of carbonyl (C=O) groups excluding carboxylic acids is 2. The number of amides is 2. The third kappa shape index (κ3) is 5.37. The molecule has 5 nitrogen and oxygen atoms in total. The van der Waals surface area contributed by atoms with Crippen molar-refractivity contribution in [3.05, 3.63) is 59.7 Å². The van der Waals surface area contributed by atoms with Crippen molar-refractivity contribution in [1.29, 1.82) is 0 Å². The first kappa shape index (κ1) is 19.0. The molecule has 2 N–H and O–H groups in total. The van der Waals surface area contributed by atoms with E-state index in [9.17, 15) is 9.59 Å². The molecule has 3 rings (SSSR count). The summed E-state index contributed by atoms with van der Waals surface area (Å²) in [7, 11) is 0. The van der Waals surface area contributed by atoms with Crippen molar-refractivity contribution >= 4 is 38.5 Å². The molecule has 1 aromatic heterocycles. The van der Waals surface area contributed by atoms with Gasteiger partial charge >= 0.3 is 0 Å². The normalized spacial score (nSPS) is 11.9. The number of hydrogen-bond donors (Lipinski definition) is 2. The monoisotopic (exact) mass is 381 g/mol. The van der Waals surface area contributed by atoms with Gasteiger partial charge in [-0.1, -0.05) is 54.7 Å². The summed E-state index contributed by atoms with van der Waals surface area (Å²) in [6.45, 7) is 4.21. The Labute approximate surface area is 162 Å².